The van der Waals surface area contributed by atoms with E-state index in [-0.39, 0.29) is 22.6 Å². The van der Waals surface area contributed by atoms with Gasteiger partial charge in [0.05, 0.1) is 10.8 Å². The van der Waals surface area contributed by atoms with Crippen molar-refractivity contribution in [3.8, 4) is 0 Å². The van der Waals surface area contributed by atoms with Gasteiger partial charge in [-0.1, -0.05) is 49.2 Å². The van der Waals surface area contributed by atoms with Gasteiger partial charge in [0.1, 0.15) is 4.90 Å². The third kappa shape index (κ3) is 5.33. The van der Waals surface area contributed by atoms with Crippen LogP contribution in [0.15, 0.2) is 58.6 Å². The highest BCUT2D eigenvalue weighted by atomic mass is 32.2. The molecule has 150 valence electrons. The number of nitrogens with one attached hydrogen (secondary N) is 1. The fourth-order valence-electron chi connectivity index (χ4n) is 3.27. The number of benzene rings is 1. The van der Waals surface area contributed by atoms with E-state index in [0.29, 0.717) is 5.03 Å². The SMILES string of the molecule is CN(C1CCCCC1)S(=O)(=O)c1ccc(SCC(=O)Nc2ccccc2)nc1. The van der Waals surface area contributed by atoms with Crippen LogP contribution in [0.3, 0.4) is 0 Å². The summed E-state index contributed by atoms with van der Waals surface area (Å²) in [6.45, 7) is 0. The molecule has 0 atom stereocenters. The van der Waals surface area contributed by atoms with Crippen molar-refractivity contribution < 1.29 is 13.2 Å². The molecule has 0 bridgehead atoms. The van der Waals surface area contributed by atoms with Gasteiger partial charge in [-0.2, -0.15) is 4.31 Å². The summed E-state index contributed by atoms with van der Waals surface area (Å²) in [7, 11) is -1.89. The van der Waals surface area contributed by atoms with Crippen molar-refractivity contribution in [3.63, 3.8) is 0 Å². The Morgan fingerprint density at radius 2 is 1.86 bits per heavy atom. The zero-order valence-electron chi connectivity index (χ0n) is 15.9. The van der Waals surface area contributed by atoms with E-state index in [0.717, 1.165) is 31.4 Å². The van der Waals surface area contributed by atoms with Gasteiger partial charge in [-0.05, 0) is 37.1 Å². The predicted octanol–water partition coefficient (Wildman–Crippen LogP) is 3.77. The first-order valence-electron chi connectivity index (χ1n) is 9.38. The van der Waals surface area contributed by atoms with E-state index in [1.165, 1.54) is 28.7 Å². The summed E-state index contributed by atoms with van der Waals surface area (Å²) in [5.41, 5.74) is 0.744. The minimum atomic E-state index is -3.55. The molecule has 1 aliphatic rings. The summed E-state index contributed by atoms with van der Waals surface area (Å²) in [4.78, 5) is 16.4. The molecule has 0 unspecified atom stereocenters. The van der Waals surface area contributed by atoms with Crippen LogP contribution >= 0.6 is 11.8 Å². The third-order valence-corrected chi connectivity index (χ3v) is 7.72. The topological polar surface area (TPSA) is 79.4 Å². The molecule has 1 aromatic carbocycles. The van der Waals surface area contributed by atoms with E-state index < -0.39 is 10.0 Å². The molecular formula is C20H25N3O3S2. The summed E-state index contributed by atoms with van der Waals surface area (Å²) < 4.78 is 27.1. The fraction of sp³-hybridized carbons (Fsp3) is 0.400. The second kappa shape index (κ2) is 9.54. The van der Waals surface area contributed by atoms with Crippen molar-refractivity contribution in [2.75, 3.05) is 18.1 Å². The van der Waals surface area contributed by atoms with Gasteiger partial charge < -0.3 is 5.32 Å². The van der Waals surface area contributed by atoms with E-state index in [1.54, 1.807) is 19.2 Å². The summed E-state index contributed by atoms with van der Waals surface area (Å²) in [6.07, 6.45) is 6.52. The zero-order valence-corrected chi connectivity index (χ0v) is 17.5. The summed E-state index contributed by atoms with van der Waals surface area (Å²) in [5, 5.41) is 3.42. The highest BCUT2D eigenvalue weighted by Gasteiger charge is 2.29. The lowest BCUT2D eigenvalue weighted by Gasteiger charge is -2.30. The minimum Gasteiger partial charge on any atom is -0.325 e. The molecule has 6 nitrogen and oxygen atoms in total. The number of rotatable bonds is 7. The number of sulfonamides is 1. The van der Waals surface area contributed by atoms with E-state index >= 15 is 0 Å². The van der Waals surface area contributed by atoms with Crippen molar-refractivity contribution in [1.29, 1.82) is 0 Å². The number of carbonyl (C=O) groups is 1. The quantitative estimate of drug-likeness (QED) is 0.691. The fourth-order valence-corrected chi connectivity index (χ4v) is 5.27. The van der Waals surface area contributed by atoms with Crippen LogP contribution < -0.4 is 5.32 Å². The Bertz CT molecular complexity index is 881. The number of hydrogen-bond acceptors (Lipinski definition) is 5. The second-order valence-electron chi connectivity index (χ2n) is 6.85. The summed E-state index contributed by atoms with van der Waals surface area (Å²) in [6, 6.07) is 12.5. The number of hydrogen-bond donors (Lipinski definition) is 1. The molecule has 1 amide bonds. The van der Waals surface area contributed by atoms with Gasteiger partial charge in [0.25, 0.3) is 0 Å². The molecule has 8 heteroatoms. The van der Waals surface area contributed by atoms with Crippen LogP contribution in [0.2, 0.25) is 0 Å². The highest BCUT2D eigenvalue weighted by Crippen LogP contribution is 2.27. The molecule has 1 aliphatic carbocycles. The first-order chi connectivity index (χ1) is 13.5. The Balaban J connectivity index is 1.57. The molecule has 2 aromatic rings. The standard InChI is InChI=1S/C20H25N3O3S2/c1-23(17-10-6-3-7-11-17)28(25,26)18-12-13-20(21-14-18)27-15-19(24)22-16-8-4-2-5-9-16/h2,4-5,8-9,12-14,17H,3,6-7,10-11,15H2,1H3,(H,22,24). The van der Waals surface area contributed by atoms with Gasteiger partial charge in [0.15, 0.2) is 0 Å². The van der Waals surface area contributed by atoms with Gasteiger partial charge >= 0.3 is 0 Å². The van der Waals surface area contributed by atoms with Crippen molar-refractivity contribution in [1.82, 2.24) is 9.29 Å². The number of aromatic nitrogens is 1. The normalized spacial score (nSPS) is 15.5. The Kier molecular flexibility index (Phi) is 7.09. The van der Waals surface area contributed by atoms with Crippen molar-refractivity contribution in [3.05, 3.63) is 48.7 Å². The largest absolute Gasteiger partial charge is 0.325 e. The van der Waals surface area contributed by atoms with Crippen LogP contribution in [0.25, 0.3) is 0 Å². The van der Waals surface area contributed by atoms with Crippen molar-refractivity contribution in [2.24, 2.45) is 0 Å². The van der Waals surface area contributed by atoms with Crippen LogP contribution in [0, 0.1) is 0 Å². The molecule has 1 saturated carbocycles. The number of para-hydroxylation sites is 1. The van der Waals surface area contributed by atoms with Crippen LogP contribution in [-0.2, 0) is 14.8 Å². The lowest BCUT2D eigenvalue weighted by Crippen LogP contribution is -2.38. The predicted molar refractivity (Wildman–Crippen MR) is 112 cm³/mol. The van der Waals surface area contributed by atoms with Gasteiger partial charge in [-0.3, -0.25) is 4.79 Å². The maximum atomic E-state index is 12.8. The Labute approximate surface area is 170 Å². The number of amides is 1. The van der Waals surface area contributed by atoms with Crippen LogP contribution in [0.5, 0.6) is 0 Å². The Morgan fingerprint density at radius 3 is 2.50 bits per heavy atom. The number of thioether (sulfide) groups is 1. The van der Waals surface area contributed by atoms with Gasteiger partial charge in [-0.25, -0.2) is 13.4 Å². The highest BCUT2D eigenvalue weighted by molar-refractivity contribution is 7.99. The number of carbonyl (C=O) groups excluding carboxylic acids is 1. The molecule has 1 fully saturated rings. The number of anilines is 1. The number of nitrogens with zero attached hydrogens (tertiary/aromatic N) is 2. The lowest BCUT2D eigenvalue weighted by molar-refractivity contribution is -0.113. The van der Waals surface area contributed by atoms with Gasteiger partial charge in [-0.15, -0.1) is 0 Å². The van der Waals surface area contributed by atoms with E-state index in [9.17, 15) is 13.2 Å². The average molecular weight is 420 g/mol. The van der Waals surface area contributed by atoms with E-state index in [2.05, 4.69) is 10.3 Å². The molecule has 1 heterocycles. The lowest BCUT2D eigenvalue weighted by atomic mass is 9.96. The average Bonchev–Trinajstić information content (AvgIpc) is 2.73. The molecule has 1 N–H and O–H groups in total. The molecule has 0 saturated heterocycles. The molecule has 0 aliphatic heterocycles. The molecular weight excluding hydrogens is 394 g/mol. The summed E-state index contributed by atoms with van der Waals surface area (Å²) in [5.74, 6) is 0.0717. The van der Waals surface area contributed by atoms with Crippen molar-refractivity contribution in [2.45, 2.75) is 48.1 Å². The molecule has 0 radical (unpaired) electrons. The first kappa shape index (κ1) is 20.8. The maximum Gasteiger partial charge on any atom is 0.244 e. The summed E-state index contributed by atoms with van der Waals surface area (Å²) >= 11 is 1.27. The zero-order chi connectivity index (χ0) is 20.0. The van der Waals surface area contributed by atoms with E-state index in [4.69, 9.17) is 0 Å². The van der Waals surface area contributed by atoms with Gasteiger partial charge in [0, 0.05) is 25.0 Å². The number of pyridine rings is 1. The minimum absolute atomic E-state index is 0.0643. The first-order valence-corrected chi connectivity index (χ1v) is 11.8. The Hall–Kier alpha value is -1.90. The smallest absolute Gasteiger partial charge is 0.244 e. The van der Waals surface area contributed by atoms with Crippen LogP contribution in [-0.4, -0.2) is 42.5 Å². The second-order valence-corrected chi connectivity index (χ2v) is 9.84. The molecule has 3 rings (SSSR count). The maximum absolute atomic E-state index is 12.8. The monoisotopic (exact) mass is 419 g/mol. The van der Waals surface area contributed by atoms with Crippen LogP contribution in [0.1, 0.15) is 32.1 Å². The van der Waals surface area contributed by atoms with Crippen molar-refractivity contribution >= 4 is 33.4 Å². The molecule has 0 spiro atoms. The van der Waals surface area contributed by atoms with Crippen LogP contribution in [0.4, 0.5) is 5.69 Å². The van der Waals surface area contributed by atoms with E-state index in [1.807, 2.05) is 30.3 Å². The third-order valence-electron chi connectivity index (χ3n) is 4.88. The van der Waals surface area contributed by atoms with Gasteiger partial charge in [0.2, 0.25) is 15.9 Å². The Morgan fingerprint density at radius 1 is 1.14 bits per heavy atom. The molecule has 28 heavy (non-hydrogen) atoms. The molecule has 1 aromatic heterocycles.